The molecule has 0 spiro atoms. The average molecular weight is 483 g/mol. The molecule has 0 aromatic heterocycles. The quantitative estimate of drug-likeness (QED) is 0.458. The van der Waals surface area contributed by atoms with Crippen LogP contribution in [0.5, 0.6) is 0 Å². The van der Waals surface area contributed by atoms with Crippen molar-refractivity contribution >= 4 is 23.3 Å². The lowest BCUT2D eigenvalue weighted by Crippen LogP contribution is -2.40. The van der Waals surface area contributed by atoms with Crippen LogP contribution in [-0.2, 0) is 17.5 Å². The number of nitrogens with one attached hydrogen (secondary N) is 2. The van der Waals surface area contributed by atoms with Gasteiger partial charge in [0.1, 0.15) is 0 Å². The van der Waals surface area contributed by atoms with E-state index in [1.807, 2.05) is 0 Å². The number of anilines is 1. The summed E-state index contributed by atoms with van der Waals surface area (Å²) in [7, 11) is 0. The molecule has 0 radical (unpaired) electrons. The highest BCUT2D eigenvalue weighted by Crippen LogP contribution is 2.37. The van der Waals surface area contributed by atoms with Crippen molar-refractivity contribution in [2.45, 2.75) is 65.3 Å². The summed E-state index contributed by atoms with van der Waals surface area (Å²) in [5.41, 5.74) is 3.28. The molecule has 1 aliphatic carbocycles. The Kier molecular flexibility index (Phi) is 8.29. The van der Waals surface area contributed by atoms with E-state index in [0.717, 1.165) is 37.3 Å². The van der Waals surface area contributed by atoms with Gasteiger partial charge in [-0.3, -0.25) is 0 Å². The molecular formula is C25H30ClF3N2O2. The lowest BCUT2D eigenvalue weighted by Gasteiger charge is -2.29. The number of amides is 2. The summed E-state index contributed by atoms with van der Waals surface area (Å²) in [4.78, 5) is 12.4. The summed E-state index contributed by atoms with van der Waals surface area (Å²) in [5, 5.41) is 5.03. The number of ether oxygens (including phenoxy) is 1. The standard InChI is InChI=1S/C25H30ClF3N2O2/c1-15-4-5-19(10-16(15)2)14-33-13-18-6-8-20(9-7-18)30-24(32)31-23-12-21(25(27,28)29)22(26)11-17(23)3/h4-5,10-12,18,20H,6-9,13-14H2,1-3H3,(H2,30,31,32). The van der Waals surface area contributed by atoms with E-state index < -0.39 is 17.8 Å². The molecule has 3 rings (SSSR count). The molecule has 8 heteroatoms. The zero-order chi connectivity index (χ0) is 24.2. The van der Waals surface area contributed by atoms with E-state index in [2.05, 4.69) is 42.7 Å². The minimum atomic E-state index is -4.59. The van der Waals surface area contributed by atoms with Crippen LogP contribution in [0.1, 0.15) is 53.5 Å². The largest absolute Gasteiger partial charge is 0.417 e. The van der Waals surface area contributed by atoms with Gasteiger partial charge in [0.25, 0.3) is 0 Å². The van der Waals surface area contributed by atoms with Crippen molar-refractivity contribution in [2.24, 2.45) is 5.92 Å². The van der Waals surface area contributed by atoms with E-state index in [1.165, 1.54) is 17.2 Å². The van der Waals surface area contributed by atoms with Gasteiger partial charge < -0.3 is 15.4 Å². The van der Waals surface area contributed by atoms with Crippen molar-refractivity contribution in [3.8, 4) is 0 Å². The second-order valence-corrected chi connectivity index (χ2v) is 9.30. The van der Waals surface area contributed by atoms with Crippen molar-refractivity contribution in [3.05, 3.63) is 63.2 Å². The van der Waals surface area contributed by atoms with Crippen LogP contribution in [0, 0.1) is 26.7 Å². The van der Waals surface area contributed by atoms with Crippen molar-refractivity contribution < 1.29 is 22.7 Å². The zero-order valence-electron chi connectivity index (χ0n) is 19.1. The minimum absolute atomic E-state index is 0.0179. The van der Waals surface area contributed by atoms with Gasteiger partial charge in [-0.1, -0.05) is 29.8 Å². The number of aryl methyl sites for hydroxylation is 3. The molecule has 180 valence electrons. The van der Waals surface area contributed by atoms with E-state index in [-0.39, 0.29) is 16.8 Å². The molecule has 1 fully saturated rings. The number of hydrogen-bond acceptors (Lipinski definition) is 2. The molecule has 0 unspecified atom stereocenters. The number of alkyl halides is 3. The Morgan fingerprint density at radius 2 is 1.73 bits per heavy atom. The van der Waals surface area contributed by atoms with Crippen molar-refractivity contribution in [3.63, 3.8) is 0 Å². The normalized spacial score (nSPS) is 18.8. The number of urea groups is 1. The van der Waals surface area contributed by atoms with Gasteiger partial charge in [0.05, 0.1) is 17.2 Å². The first-order valence-corrected chi connectivity index (χ1v) is 11.5. The van der Waals surface area contributed by atoms with Crippen LogP contribution < -0.4 is 10.6 Å². The molecule has 0 heterocycles. The second-order valence-electron chi connectivity index (χ2n) is 8.89. The summed E-state index contributed by atoms with van der Waals surface area (Å²) >= 11 is 5.72. The average Bonchev–Trinajstić information content (AvgIpc) is 2.73. The molecule has 33 heavy (non-hydrogen) atoms. The molecule has 2 amide bonds. The maximum atomic E-state index is 13.1. The fourth-order valence-corrected chi connectivity index (χ4v) is 4.40. The number of benzene rings is 2. The maximum absolute atomic E-state index is 13.1. The van der Waals surface area contributed by atoms with Gasteiger partial charge in [-0.05, 0) is 86.8 Å². The first kappa shape index (κ1) is 25.4. The Morgan fingerprint density at radius 1 is 1.03 bits per heavy atom. The van der Waals surface area contributed by atoms with Crippen molar-refractivity contribution in [1.29, 1.82) is 0 Å². The number of halogens is 4. The van der Waals surface area contributed by atoms with Crippen LogP contribution in [0.25, 0.3) is 0 Å². The Bertz CT molecular complexity index is 986. The maximum Gasteiger partial charge on any atom is 0.417 e. The predicted octanol–water partition coefficient (Wildman–Crippen LogP) is 7.18. The second kappa shape index (κ2) is 10.8. The van der Waals surface area contributed by atoms with Crippen molar-refractivity contribution in [1.82, 2.24) is 5.32 Å². The highest BCUT2D eigenvalue weighted by Gasteiger charge is 2.34. The van der Waals surface area contributed by atoms with Crippen molar-refractivity contribution in [2.75, 3.05) is 11.9 Å². The first-order chi connectivity index (χ1) is 15.5. The SMILES string of the molecule is Cc1ccc(COCC2CCC(NC(=O)Nc3cc(C(F)(F)F)c(Cl)cc3C)CC2)cc1C. The van der Waals surface area contributed by atoms with Crippen LogP contribution in [0.2, 0.25) is 5.02 Å². The molecule has 4 nitrogen and oxygen atoms in total. The molecule has 0 atom stereocenters. The number of rotatable bonds is 6. The summed E-state index contributed by atoms with van der Waals surface area (Å²) in [6, 6.07) is 7.89. The molecule has 0 saturated heterocycles. The van der Waals surface area contributed by atoms with Crippen LogP contribution in [0.3, 0.4) is 0 Å². The lowest BCUT2D eigenvalue weighted by atomic mass is 9.86. The molecule has 2 aromatic rings. The van der Waals surface area contributed by atoms with E-state index in [1.54, 1.807) is 6.92 Å². The van der Waals surface area contributed by atoms with Gasteiger partial charge in [-0.2, -0.15) is 13.2 Å². The molecule has 0 bridgehead atoms. The van der Waals surface area contributed by atoms with Gasteiger partial charge in [0.15, 0.2) is 0 Å². The van der Waals surface area contributed by atoms with Gasteiger partial charge in [0, 0.05) is 18.3 Å². The Labute approximate surface area is 197 Å². The minimum Gasteiger partial charge on any atom is -0.376 e. The number of hydrogen-bond donors (Lipinski definition) is 2. The summed E-state index contributed by atoms with van der Waals surface area (Å²) in [6.07, 6.45) is -1.13. The third-order valence-corrected chi connectivity index (χ3v) is 6.56. The molecule has 0 aliphatic heterocycles. The van der Waals surface area contributed by atoms with Gasteiger partial charge in [0.2, 0.25) is 0 Å². The Hall–Kier alpha value is -2.25. The Morgan fingerprint density at radius 3 is 2.36 bits per heavy atom. The topological polar surface area (TPSA) is 50.4 Å². The van der Waals surface area contributed by atoms with Gasteiger partial charge >= 0.3 is 12.2 Å². The fraction of sp³-hybridized carbons (Fsp3) is 0.480. The zero-order valence-corrected chi connectivity index (χ0v) is 19.9. The Balaban J connectivity index is 1.43. The van der Waals surface area contributed by atoms with Crippen LogP contribution >= 0.6 is 11.6 Å². The van der Waals surface area contributed by atoms with Crippen LogP contribution in [-0.4, -0.2) is 18.7 Å². The molecule has 2 N–H and O–H groups in total. The summed E-state index contributed by atoms with van der Waals surface area (Å²) in [5.74, 6) is 0.436. The van der Waals surface area contributed by atoms with Crippen LogP contribution in [0.15, 0.2) is 30.3 Å². The molecule has 2 aromatic carbocycles. The highest BCUT2D eigenvalue weighted by atomic mass is 35.5. The highest BCUT2D eigenvalue weighted by molar-refractivity contribution is 6.31. The van der Waals surface area contributed by atoms with E-state index in [0.29, 0.717) is 24.7 Å². The number of carbonyl (C=O) groups excluding carboxylic acids is 1. The predicted molar refractivity (Wildman–Crippen MR) is 125 cm³/mol. The smallest absolute Gasteiger partial charge is 0.376 e. The fourth-order valence-electron chi connectivity index (χ4n) is 4.08. The third-order valence-electron chi connectivity index (χ3n) is 6.24. The van der Waals surface area contributed by atoms with Gasteiger partial charge in [-0.15, -0.1) is 0 Å². The van der Waals surface area contributed by atoms with E-state index in [9.17, 15) is 18.0 Å². The third kappa shape index (κ3) is 7.11. The summed E-state index contributed by atoms with van der Waals surface area (Å²) in [6.45, 7) is 7.04. The van der Waals surface area contributed by atoms with E-state index in [4.69, 9.17) is 16.3 Å². The number of carbonyl (C=O) groups is 1. The molecule has 1 aliphatic rings. The molecular weight excluding hydrogens is 453 g/mol. The summed E-state index contributed by atoms with van der Waals surface area (Å²) < 4.78 is 45.2. The lowest BCUT2D eigenvalue weighted by molar-refractivity contribution is -0.137. The monoisotopic (exact) mass is 482 g/mol. The first-order valence-electron chi connectivity index (χ1n) is 11.1. The van der Waals surface area contributed by atoms with Gasteiger partial charge in [-0.25, -0.2) is 4.79 Å². The van der Waals surface area contributed by atoms with E-state index >= 15 is 0 Å². The van der Waals surface area contributed by atoms with Crippen LogP contribution in [0.4, 0.5) is 23.7 Å². The molecule has 1 saturated carbocycles.